The Hall–Kier alpha value is -3.15. The Morgan fingerprint density at radius 2 is 1.83 bits per heavy atom. The van der Waals surface area contributed by atoms with Crippen molar-refractivity contribution in [2.75, 3.05) is 19.1 Å². The molecule has 29 heavy (non-hydrogen) atoms. The lowest BCUT2D eigenvalue weighted by Gasteiger charge is -2.38. The van der Waals surface area contributed by atoms with Crippen LogP contribution in [0.4, 0.5) is 10.1 Å². The molecule has 1 heterocycles. The first-order chi connectivity index (χ1) is 14.0. The summed E-state index contributed by atoms with van der Waals surface area (Å²) >= 11 is 0. The van der Waals surface area contributed by atoms with Crippen LogP contribution in [0.15, 0.2) is 53.7 Å². The molecule has 2 aromatic rings. The van der Waals surface area contributed by atoms with E-state index in [9.17, 15) is 14.0 Å². The number of nitrogens with zero attached hydrogens (tertiary/aromatic N) is 1. The highest BCUT2D eigenvalue weighted by Crippen LogP contribution is 2.46. The average Bonchev–Trinajstić information content (AvgIpc) is 2.73. The lowest BCUT2D eigenvalue weighted by Crippen LogP contribution is -2.41. The van der Waals surface area contributed by atoms with Gasteiger partial charge in [-0.3, -0.25) is 14.5 Å². The number of ether oxygens (including phenoxy) is 2. The predicted octanol–water partition coefficient (Wildman–Crippen LogP) is 4.37. The van der Waals surface area contributed by atoms with Gasteiger partial charge in [0.15, 0.2) is 5.78 Å². The third kappa shape index (κ3) is 3.28. The van der Waals surface area contributed by atoms with Gasteiger partial charge in [0.05, 0.1) is 19.9 Å². The summed E-state index contributed by atoms with van der Waals surface area (Å²) in [4.78, 5) is 27.6. The molecule has 1 amide bonds. The fourth-order valence-corrected chi connectivity index (χ4v) is 4.28. The Kier molecular flexibility index (Phi) is 5.09. The molecule has 0 aromatic heterocycles. The minimum atomic E-state index is -0.483. The molecular formula is C23H22FNO4. The number of hydrogen-bond acceptors (Lipinski definition) is 4. The second kappa shape index (κ2) is 7.70. The van der Waals surface area contributed by atoms with E-state index < -0.39 is 11.7 Å². The molecule has 1 atom stereocenters. The fourth-order valence-electron chi connectivity index (χ4n) is 4.28. The van der Waals surface area contributed by atoms with Crippen LogP contribution in [0.25, 0.3) is 0 Å². The lowest BCUT2D eigenvalue weighted by atomic mass is 9.76. The van der Waals surface area contributed by atoms with Crippen molar-refractivity contribution in [1.82, 2.24) is 0 Å². The minimum Gasteiger partial charge on any atom is -0.497 e. The summed E-state index contributed by atoms with van der Waals surface area (Å²) in [5.74, 6) is 0.0400. The van der Waals surface area contributed by atoms with Gasteiger partial charge in [-0.05, 0) is 43.2 Å². The van der Waals surface area contributed by atoms with Crippen LogP contribution in [0, 0.1) is 5.82 Å². The van der Waals surface area contributed by atoms with Gasteiger partial charge in [-0.15, -0.1) is 0 Å². The van der Waals surface area contributed by atoms with Crippen molar-refractivity contribution < 1.29 is 23.5 Å². The number of carbonyl (C=O) groups excluding carboxylic acids is 2. The van der Waals surface area contributed by atoms with Crippen LogP contribution in [0.5, 0.6) is 11.5 Å². The van der Waals surface area contributed by atoms with Crippen molar-refractivity contribution in [2.45, 2.75) is 31.6 Å². The maximum atomic E-state index is 14.5. The molecule has 0 spiro atoms. The van der Waals surface area contributed by atoms with E-state index in [-0.39, 0.29) is 23.8 Å². The predicted molar refractivity (Wildman–Crippen MR) is 107 cm³/mol. The minimum absolute atomic E-state index is 0.00466. The highest BCUT2D eigenvalue weighted by Gasteiger charge is 2.41. The number of carbonyl (C=O) groups is 2. The first-order valence-electron chi connectivity index (χ1n) is 9.60. The van der Waals surface area contributed by atoms with Crippen LogP contribution >= 0.6 is 0 Å². The molecule has 2 aromatic carbocycles. The van der Waals surface area contributed by atoms with E-state index in [2.05, 4.69) is 0 Å². The zero-order chi connectivity index (χ0) is 20.5. The average molecular weight is 395 g/mol. The molecule has 1 aliphatic heterocycles. The number of para-hydroxylation sites is 1. The van der Waals surface area contributed by atoms with E-state index in [0.717, 1.165) is 5.56 Å². The molecule has 150 valence electrons. The van der Waals surface area contributed by atoms with Crippen LogP contribution in [0.2, 0.25) is 0 Å². The molecule has 0 saturated heterocycles. The number of rotatable bonds is 4. The van der Waals surface area contributed by atoms with Crippen LogP contribution < -0.4 is 14.4 Å². The second-order valence-corrected chi connectivity index (χ2v) is 7.18. The van der Waals surface area contributed by atoms with Gasteiger partial charge >= 0.3 is 0 Å². The topological polar surface area (TPSA) is 55.8 Å². The first kappa shape index (κ1) is 19.2. The molecule has 0 radical (unpaired) electrons. The van der Waals surface area contributed by atoms with Crippen molar-refractivity contribution in [3.8, 4) is 11.5 Å². The van der Waals surface area contributed by atoms with Gasteiger partial charge in [0.1, 0.15) is 17.3 Å². The normalized spacial score (nSPS) is 19.3. The van der Waals surface area contributed by atoms with E-state index in [1.165, 1.54) is 11.0 Å². The molecule has 0 saturated carbocycles. The fraction of sp³-hybridized carbons (Fsp3) is 0.304. The highest BCUT2D eigenvalue weighted by molar-refractivity contribution is 6.07. The van der Waals surface area contributed by atoms with Crippen molar-refractivity contribution in [1.29, 1.82) is 0 Å². The number of amides is 1. The molecule has 0 unspecified atom stereocenters. The summed E-state index contributed by atoms with van der Waals surface area (Å²) in [6.07, 6.45) is 1.66. The zero-order valence-corrected chi connectivity index (χ0v) is 16.4. The standard InChI is InChI=1S/C23H22FNO4/c1-28-14-10-11-21(29-2)15(12-14)16-13-22(27)25(18-7-4-3-6-17(18)24)19-8-5-9-20(26)23(16)19/h3-4,6-7,10-12,16H,5,8-9,13H2,1-2H3/t16-/m0/s1. The van der Waals surface area contributed by atoms with E-state index in [4.69, 9.17) is 9.47 Å². The Morgan fingerprint density at radius 3 is 2.55 bits per heavy atom. The first-order valence-corrected chi connectivity index (χ1v) is 9.60. The Morgan fingerprint density at radius 1 is 1.03 bits per heavy atom. The summed E-state index contributed by atoms with van der Waals surface area (Å²) in [5.41, 5.74) is 2.09. The molecule has 0 fully saturated rings. The largest absolute Gasteiger partial charge is 0.497 e. The summed E-state index contributed by atoms with van der Waals surface area (Å²) in [7, 11) is 3.12. The maximum Gasteiger partial charge on any atom is 0.232 e. The van der Waals surface area contributed by atoms with Gasteiger partial charge in [-0.25, -0.2) is 4.39 Å². The van der Waals surface area contributed by atoms with Crippen LogP contribution in [-0.2, 0) is 9.59 Å². The van der Waals surface area contributed by atoms with Crippen molar-refractivity contribution in [2.24, 2.45) is 0 Å². The number of allylic oxidation sites excluding steroid dienone is 2. The smallest absolute Gasteiger partial charge is 0.232 e. The van der Waals surface area contributed by atoms with E-state index in [0.29, 0.717) is 42.0 Å². The highest BCUT2D eigenvalue weighted by atomic mass is 19.1. The molecule has 1 aliphatic carbocycles. The number of hydrogen-bond donors (Lipinski definition) is 0. The third-order valence-electron chi connectivity index (χ3n) is 5.58. The van der Waals surface area contributed by atoms with Gasteiger partial charge in [0, 0.05) is 35.6 Å². The Bertz CT molecular complexity index is 1010. The zero-order valence-electron chi connectivity index (χ0n) is 16.4. The summed E-state index contributed by atoms with van der Waals surface area (Å²) in [6, 6.07) is 11.5. The SMILES string of the molecule is COc1ccc(OC)c([C@@H]2CC(=O)N(c3ccccc3F)C3=C2C(=O)CCC3)c1. The van der Waals surface area contributed by atoms with Crippen molar-refractivity contribution in [3.05, 3.63) is 65.1 Å². The van der Waals surface area contributed by atoms with Gasteiger partial charge in [0.2, 0.25) is 5.91 Å². The lowest BCUT2D eigenvalue weighted by molar-refractivity contribution is -0.120. The van der Waals surface area contributed by atoms with E-state index in [1.54, 1.807) is 44.6 Å². The van der Waals surface area contributed by atoms with Crippen LogP contribution in [0.1, 0.15) is 37.2 Å². The molecule has 4 rings (SSSR count). The van der Waals surface area contributed by atoms with Gasteiger partial charge < -0.3 is 9.47 Å². The van der Waals surface area contributed by atoms with Gasteiger partial charge in [0.25, 0.3) is 0 Å². The quantitative estimate of drug-likeness (QED) is 0.771. The van der Waals surface area contributed by atoms with E-state index >= 15 is 0 Å². The van der Waals surface area contributed by atoms with Crippen molar-refractivity contribution in [3.63, 3.8) is 0 Å². The summed E-state index contributed by atoms with van der Waals surface area (Å²) in [5, 5.41) is 0. The molecular weight excluding hydrogens is 373 g/mol. The maximum absolute atomic E-state index is 14.5. The summed E-state index contributed by atoms with van der Waals surface area (Å²) in [6.45, 7) is 0. The Balaban J connectivity index is 1.91. The number of benzene rings is 2. The molecule has 5 nitrogen and oxygen atoms in total. The molecule has 6 heteroatoms. The Labute approximate surface area is 168 Å². The van der Waals surface area contributed by atoms with Crippen LogP contribution in [0.3, 0.4) is 0 Å². The van der Waals surface area contributed by atoms with E-state index in [1.807, 2.05) is 6.07 Å². The second-order valence-electron chi connectivity index (χ2n) is 7.18. The monoisotopic (exact) mass is 395 g/mol. The third-order valence-corrected chi connectivity index (χ3v) is 5.58. The number of ketones is 1. The van der Waals surface area contributed by atoms with Crippen molar-refractivity contribution >= 4 is 17.4 Å². The molecule has 2 aliphatic rings. The number of anilines is 1. The number of methoxy groups -OCH3 is 2. The van der Waals surface area contributed by atoms with Gasteiger partial charge in [-0.1, -0.05) is 12.1 Å². The molecule has 0 N–H and O–H groups in total. The number of Topliss-reactive ketones (excluding diaryl/α,β-unsaturated/α-hetero) is 1. The van der Waals surface area contributed by atoms with Crippen LogP contribution in [-0.4, -0.2) is 25.9 Å². The van der Waals surface area contributed by atoms with Gasteiger partial charge in [-0.2, -0.15) is 0 Å². The summed E-state index contributed by atoms with van der Waals surface area (Å²) < 4.78 is 25.3. The molecule has 0 bridgehead atoms. The number of halogens is 1.